The summed E-state index contributed by atoms with van der Waals surface area (Å²) in [5.41, 5.74) is 0.450. The molecule has 0 aliphatic carbocycles. The maximum Gasteiger partial charge on any atom is 1.00 e. The summed E-state index contributed by atoms with van der Waals surface area (Å²) in [4.78, 5) is 0. The monoisotopic (exact) mass is 226 g/mol. The molecule has 1 aromatic rings. The van der Waals surface area contributed by atoms with Crippen molar-refractivity contribution in [2.24, 2.45) is 0 Å². The van der Waals surface area contributed by atoms with Crippen LogP contribution in [0.5, 0.6) is 0 Å². The Labute approximate surface area is 125 Å². The molecule has 0 aliphatic heterocycles. The molecule has 0 aromatic heterocycles. The van der Waals surface area contributed by atoms with Gasteiger partial charge in [-0.15, -0.1) is 5.46 Å². The molecule has 0 spiro atoms. The minimum absolute atomic E-state index is 0. The molecule has 0 heterocycles. The van der Waals surface area contributed by atoms with Crippen LogP contribution in [0.15, 0.2) is 24.3 Å². The summed E-state index contributed by atoms with van der Waals surface area (Å²) in [6, 6.07) is 5.41. The van der Waals surface area contributed by atoms with E-state index in [9.17, 15) is 12.9 Å². The largest absolute Gasteiger partial charge is 1.00 e. The Bertz CT molecular complexity index is 268. The van der Waals surface area contributed by atoms with Gasteiger partial charge >= 0.3 is 58.4 Å². The first-order chi connectivity index (χ1) is 6.04. The summed E-state index contributed by atoms with van der Waals surface area (Å²) in [5, 5.41) is 0. The molecule has 0 bridgehead atoms. The van der Waals surface area contributed by atoms with Gasteiger partial charge in [-0.3, -0.25) is 0 Å². The average Bonchev–Trinajstić information content (AvgIpc) is 2.04. The fourth-order valence-electron chi connectivity index (χ4n) is 1.19. The van der Waals surface area contributed by atoms with Gasteiger partial charge in [-0.25, -0.2) is 0 Å². The third kappa shape index (κ3) is 4.49. The summed E-state index contributed by atoms with van der Waals surface area (Å²) in [6.45, 7) is -2.83. The Balaban J connectivity index is 0.00000169. The van der Waals surface area contributed by atoms with Crippen LogP contribution in [-0.2, 0) is 6.42 Å². The van der Waals surface area contributed by atoms with Crippen molar-refractivity contribution in [2.45, 2.75) is 19.8 Å². The second kappa shape index (κ2) is 6.33. The van der Waals surface area contributed by atoms with Crippen molar-refractivity contribution in [1.29, 1.82) is 0 Å². The molecule has 1 aromatic carbocycles. The van der Waals surface area contributed by atoms with Gasteiger partial charge in [-0.05, 0) is 12.0 Å². The molecule has 14 heavy (non-hydrogen) atoms. The van der Waals surface area contributed by atoms with Gasteiger partial charge in [-0.1, -0.05) is 37.6 Å². The summed E-state index contributed by atoms with van der Waals surface area (Å²) in [6.07, 6.45) is 1.79. The molecular weight excluding hydrogens is 215 g/mol. The van der Waals surface area contributed by atoms with Crippen LogP contribution in [-0.4, -0.2) is 6.98 Å². The van der Waals surface area contributed by atoms with Crippen LogP contribution >= 0.6 is 0 Å². The van der Waals surface area contributed by atoms with Gasteiger partial charge in [-0.2, -0.15) is 0 Å². The van der Waals surface area contributed by atoms with Crippen LogP contribution in [0, 0.1) is 0 Å². The van der Waals surface area contributed by atoms with Crippen LogP contribution in [0.4, 0.5) is 12.9 Å². The quantitative estimate of drug-likeness (QED) is 0.620. The molecule has 0 saturated carbocycles. The van der Waals surface area contributed by atoms with E-state index in [2.05, 4.69) is 0 Å². The third-order valence-corrected chi connectivity index (χ3v) is 1.90. The van der Waals surface area contributed by atoms with Gasteiger partial charge in [0.2, 0.25) is 0 Å². The fourth-order valence-corrected chi connectivity index (χ4v) is 1.19. The van der Waals surface area contributed by atoms with E-state index in [-0.39, 0.29) is 51.4 Å². The van der Waals surface area contributed by atoms with Crippen molar-refractivity contribution in [3.05, 3.63) is 29.8 Å². The van der Waals surface area contributed by atoms with E-state index in [0.717, 1.165) is 30.5 Å². The van der Waals surface area contributed by atoms with Crippen LogP contribution in [0.25, 0.3) is 0 Å². The first kappa shape index (κ1) is 14.7. The van der Waals surface area contributed by atoms with Crippen LogP contribution in [0.1, 0.15) is 18.9 Å². The van der Waals surface area contributed by atoms with E-state index in [1.807, 2.05) is 6.92 Å². The molecule has 0 amide bonds. The minimum atomic E-state index is -4.83. The standard InChI is InChI=1S/C9H11BF3.K/c1-2-3-8-4-6-9(7-5-8)10(11,12)13;/h4-7H,2-3H2,1H3;/q-1;+1. The van der Waals surface area contributed by atoms with Crippen molar-refractivity contribution >= 4 is 12.4 Å². The Morgan fingerprint density at radius 1 is 1.07 bits per heavy atom. The third-order valence-electron chi connectivity index (χ3n) is 1.90. The Hall–Kier alpha value is 0.711. The maximum absolute atomic E-state index is 12.2. The van der Waals surface area contributed by atoms with Crippen LogP contribution in [0.2, 0.25) is 0 Å². The number of hydrogen-bond acceptors (Lipinski definition) is 0. The first-order valence-electron chi connectivity index (χ1n) is 4.33. The Morgan fingerprint density at radius 2 is 1.57 bits per heavy atom. The Kier molecular flexibility index (Phi) is 6.65. The SMILES string of the molecule is CCCc1ccc([B-](F)(F)F)cc1.[K+]. The van der Waals surface area contributed by atoms with Crippen molar-refractivity contribution in [3.8, 4) is 0 Å². The normalized spacial score (nSPS) is 10.9. The zero-order chi connectivity index (χ0) is 9.90. The second-order valence-corrected chi connectivity index (χ2v) is 3.07. The van der Waals surface area contributed by atoms with Crippen molar-refractivity contribution in [1.82, 2.24) is 0 Å². The molecule has 0 N–H and O–H groups in total. The topological polar surface area (TPSA) is 0 Å². The van der Waals surface area contributed by atoms with E-state index >= 15 is 0 Å². The zero-order valence-corrected chi connectivity index (χ0v) is 11.6. The van der Waals surface area contributed by atoms with Gasteiger partial charge in [0.15, 0.2) is 0 Å². The molecule has 5 heteroatoms. The van der Waals surface area contributed by atoms with Crippen molar-refractivity contribution < 1.29 is 64.3 Å². The number of aryl methyl sites for hydroxylation is 1. The molecule has 0 unspecified atom stereocenters. The second-order valence-electron chi connectivity index (χ2n) is 3.07. The number of hydrogen-bond donors (Lipinski definition) is 0. The van der Waals surface area contributed by atoms with Gasteiger partial charge < -0.3 is 12.9 Å². The Morgan fingerprint density at radius 3 is 1.93 bits per heavy atom. The summed E-state index contributed by atoms with van der Waals surface area (Å²) >= 11 is 0. The van der Waals surface area contributed by atoms with E-state index < -0.39 is 12.4 Å². The fraction of sp³-hybridized carbons (Fsp3) is 0.333. The molecule has 0 aliphatic rings. The van der Waals surface area contributed by atoms with E-state index in [1.54, 1.807) is 12.1 Å². The molecular formula is C9H11BF3K. The molecule has 0 saturated heterocycles. The summed E-state index contributed by atoms with van der Waals surface area (Å²) < 4.78 is 36.5. The van der Waals surface area contributed by atoms with Crippen LogP contribution in [0.3, 0.4) is 0 Å². The van der Waals surface area contributed by atoms with Gasteiger partial charge in [0.05, 0.1) is 0 Å². The predicted molar refractivity (Wildman–Crippen MR) is 49.1 cm³/mol. The molecule has 72 valence electrons. The average molecular weight is 226 g/mol. The zero-order valence-electron chi connectivity index (χ0n) is 8.43. The van der Waals surface area contributed by atoms with Gasteiger partial charge in [0, 0.05) is 0 Å². The van der Waals surface area contributed by atoms with Crippen LogP contribution < -0.4 is 56.8 Å². The van der Waals surface area contributed by atoms with Crippen molar-refractivity contribution in [3.63, 3.8) is 0 Å². The maximum atomic E-state index is 12.2. The van der Waals surface area contributed by atoms with Gasteiger partial charge in [0.25, 0.3) is 0 Å². The minimum Gasteiger partial charge on any atom is -0.445 e. The molecule has 0 radical (unpaired) electrons. The van der Waals surface area contributed by atoms with Crippen molar-refractivity contribution in [2.75, 3.05) is 0 Å². The predicted octanol–water partition coefficient (Wildman–Crippen LogP) is -0.302. The smallest absolute Gasteiger partial charge is 0.445 e. The summed E-state index contributed by atoms with van der Waals surface area (Å²) in [7, 11) is 0. The molecule has 0 nitrogen and oxygen atoms in total. The number of halogens is 3. The molecule has 1 rings (SSSR count). The summed E-state index contributed by atoms with van der Waals surface area (Å²) in [5.74, 6) is 0. The van der Waals surface area contributed by atoms with Gasteiger partial charge in [0.1, 0.15) is 0 Å². The number of rotatable bonds is 3. The molecule has 0 atom stereocenters. The first-order valence-corrected chi connectivity index (χ1v) is 4.33. The van der Waals surface area contributed by atoms with E-state index in [4.69, 9.17) is 0 Å². The number of benzene rings is 1. The van der Waals surface area contributed by atoms with E-state index in [1.165, 1.54) is 0 Å². The molecule has 0 fully saturated rings. The van der Waals surface area contributed by atoms with E-state index in [0.29, 0.717) is 0 Å².